The normalized spacial score (nSPS) is 20.0. The van der Waals surface area contributed by atoms with Crippen LogP contribution in [0, 0.1) is 5.92 Å². The van der Waals surface area contributed by atoms with Crippen molar-refractivity contribution in [3.8, 4) is 0 Å². The van der Waals surface area contributed by atoms with Gasteiger partial charge in [0.05, 0.1) is 36.6 Å². The third-order valence-electron chi connectivity index (χ3n) is 5.35. The molecule has 32 heavy (non-hydrogen) atoms. The predicted octanol–water partition coefficient (Wildman–Crippen LogP) is 1.69. The number of anilines is 1. The fourth-order valence-electron chi connectivity index (χ4n) is 3.56. The molecule has 1 atom stereocenters. The highest BCUT2D eigenvalue weighted by Gasteiger charge is 2.32. The van der Waals surface area contributed by atoms with Gasteiger partial charge in [0.2, 0.25) is 21.8 Å². The lowest BCUT2D eigenvalue weighted by atomic mass is 10.1. The van der Waals surface area contributed by atoms with Crippen molar-refractivity contribution < 1.29 is 27.2 Å². The molecule has 2 aromatic rings. The molecule has 0 aliphatic carbocycles. The van der Waals surface area contributed by atoms with Crippen LogP contribution in [0.25, 0.3) is 0 Å². The van der Waals surface area contributed by atoms with E-state index in [1.807, 2.05) is 0 Å². The molecule has 1 N–H and O–H groups in total. The van der Waals surface area contributed by atoms with Crippen LogP contribution in [0.2, 0.25) is 0 Å². The number of benzene rings is 1. The first-order valence-corrected chi connectivity index (χ1v) is 12.7. The Morgan fingerprint density at radius 2 is 2.03 bits per heavy atom. The summed E-state index contributed by atoms with van der Waals surface area (Å²) in [6.45, 7) is 3.05. The molecule has 1 aromatic carbocycles. The molecule has 0 bridgehead atoms. The Bertz CT molecular complexity index is 1080. The number of amides is 2. The van der Waals surface area contributed by atoms with Gasteiger partial charge in [0.25, 0.3) is 0 Å². The number of rotatable bonds is 6. The number of sulfonamides is 1. The summed E-state index contributed by atoms with van der Waals surface area (Å²) in [4.78, 5) is 27.9. The molecule has 9 nitrogen and oxygen atoms in total. The highest BCUT2D eigenvalue weighted by atomic mass is 32.2. The number of fused-ring (bicyclic) bond motifs is 1. The zero-order chi connectivity index (χ0) is 22.7. The highest BCUT2D eigenvalue weighted by molar-refractivity contribution is 7.99. The minimum Gasteiger partial charge on any atom is -0.467 e. The summed E-state index contributed by atoms with van der Waals surface area (Å²) in [5.74, 6) is 0.256. The van der Waals surface area contributed by atoms with Crippen molar-refractivity contribution in [1.29, 1.82) is 0 Å². The van der Waals surface area contributed by atoms with E-state index >= 15 is 0 Å². The molecule has 1 saturated heterocycles. The van der Waals surface area contributed by atoms with Gasteiger partial charge in [-0.2, -0.15) is 4.31 Å². The average Bonchev–Trinajstić information content (AvgIpc) is 3.30. The molecule has 2 aliphatic heterocycles. The van der Waals surface area contributed by atoms with Gasteiger partial charge in [0, 0.05) is 29.7 Å². The summed E-state index contributed by atoms with van der Waals surface area (Å²) in [7, 11) is -3.74. The van der Waals surface area contributed by atoms with E-state index in [0.29, 0.717) is 30.4 Å². The van der Waals surface area contributed by atoms with Gasteiger partial charge in [-0.1, -0.05) is 6.92 Å². The number of nitrogens with zero attached hydrogens (tertiary/aromatic N) is 2. The lowest BCUT2D eigenvalue weighted by Crippen LogP contribution is -2.43. The predicted molar refractivity (Wildman–Crippen MR) is 119 cm³/mol. The van der Waals surface area contributed by atoms with Gasteiger partial charge >= 0.3 is 0 Å². The Hall–Kier alpha value is -2.34. The quantitative estimate of drug-likeness (QED) is 0.672. The van der Waals surface area contributed by atoms with Gasteiger partial charge < -0.3 is 19.4 Å². The van der Waals surface area contributed by atoms with Crippen molar-refractivity contribution in [2.24, 2.45) is 5.92 Å². The standard InChI is InChI=1S/C21H25N3O6S2/c1-15-14-31-19-5-4-17(32(27,28)23-6-9-29-10-7-23)11-18(19)24(21(15)26)13-20(25)22-12-16-3-2-8-30-16/h2-5,8,11,15H,6-7,9-10,12-14H2,1H3,(H,22,25)/t15-/m0/s1. The minimum absolute atomic E-state index is 0.0992. The van der Waals surface area contributed by atoms with E-state index in [9.17, 15) is 18.0 Å². The monoisotopic (exact) mass is 479 g/mol. The largest absolute Gasteiger partial charge is 0.467 e. The molecule has 4 rings (SSSR count). The van der Waals surface area contributed by atoms with Gasteiger partial charge in [-0.3, -0.25) is 9.59 Å². The molecule has 0 spiro atoms. The van der Waals surface area contributed by atoms with Crippen LogP contribution in [0.1, 0.15) is 12.7 Å². The molecular formula is C21H25N3O6S2. The Kier molecular flexibility index (Phi) is 6.89. The maximum Gasteiger partial charge on any atom is 0.243 e. The molecule has 0 radical (unpaired) electrons. The van der Waals surface area contributed by atoms with Crippen LogP contribution < -0.4 is 10.2 Å². The van der Waals surface area contributed by atoms with Crippen LogP contribution in [0.4, 0.5) is 5.69 Å². The third kappa shape index (κ3) is 4.85. The summed E-state index contributed by atoms with van der Waals surface area (Å²) in [5.41, 5.74) is 0.437. The minimum atomic E-state index is -3.74. The van der Waals surface area contributed by atoms with Crippen LogP contribution in [0.5, 0.6) is 0 Å². The van der Waals surface area contributed by atoms with Crippen LogP contribution in [0.3, 0.4) is 0 Å². The lowest BCUT2D eigenvalue weighted by molar-refractivity contribution is -0.125. The van der Waals surface area contributed by atoms with Crippen LogP contribution in [-0.2, 0) is 30.9 Å². The molecule has 1 aromatic heterocycles. The van der Waals surface area contributed by atoms with Crippen LogP contribution in [0.15, 0.2) is 50.8 Å². The number of thioether (sulfide) groups is 1. The second kappa shape index (κ2) is 9.65. The molecule has 11 heteroatoms. The van der Waals surface area contributed by atoms with E-state index in [0.717, 1.165) is 4.90 Å². The topological polar surface area (TPSA) is 109 Å². The maximum atomic E-state index is 13.1. The van der Waals surface area contributed by atoms with Crippen molar-refractivity contribution in [1.82, 2.24) is 9.62 Å². The Balaban J connectivity index is 1.61. The number of ether oxygens (including phenoxy) is 1. The second-order valence-electron chi connectivity index (χ2n) is 7.64. The Morgan fingerprint density at radius 3 is 2.75 bits per heavy atom. The number of hydrogen-bond donors (Lipinski definition) is 1. The zero-order valence-electron chi connectivity index (χ0n) is 17.7. The van der Waals surface area contributed by atoms with Crippen molar-refractivity contribution in [2.45, 2.75) is 23.3 Å². The van der Waals surface area contributed by atoms with Crippen molar-refractivity contribution >= 4 is 39.3 Å². The number of carbonyl (C=O) groups excluding carboxylic acids is 2. The van der Waals surface area contributed by atoms with Crippen molar-refractivity contribution in [3.05, 3.63) is 42.4 Å². The molecular weight excluding hydrogens is 454 g/mol. The fraction of sp³-hybridized carbons (Fsp3) is 0.429. The van der Waals surface area contributed by atoms with Gasteiger partial charge in [-0.25, -0.2) is 8.42 Å². The molecule has 2 amide bonds. The number of hydrogen-bond acceptors (Lipinski definition) is 7. The molecule has 2 aliphatic rings. The Labute approximate surface area is 191 Å². The van der Waals surface area contributed by atoms with E-state index in [1.165, 1.54) is 33.3 Å². The summed E-state index contributed by atoms with van der Waals surface area (Å²) in [6, 6.07) is 8.25. The second-order valence-corrected chi connectivity index (χ2v) is 10.6. The zero-order valence-corrected chi connectivity index (χ0v) is 19.3. The van der Waals surface area contributed by atoms with Crippen LogP contribution >= 0.6 is 11.8 Å². The smallest absolute Gasteiger partial charge is 0.243 e. The first-order valence-electron chi connectivity index (χ1n) is 10.3. The molecule has 0 saturated carbocycles. The summed E-state index contributed by atoms with van der Waals surface area (Å²) >= 11 is 1.48. The average molecular weight is 480 g/mol. The lowest BCUT2D eigenvalue weighted by Gasteiger charge is -2.27. The SMILES string of the molecule is C[C@H]1CSc2ccc(S(=O)(=O)N3CCOCC3)cc2N(CC(=O)NCc2ccco2)C1=O. The van der Waals surface area contributed by atoms with Gasteiger partial charge in [-0.05, 0) is 30.3 Å². The van der Waals surface area contributed by atoms with Gasteiger partial charge in [0.1, 0.15) is 12.3 Å². The van der Waals surface area contributed by atoms with Crippen molar-refractivity contribution in [2.75, 3.05) is 43.5 Å². The van der Waals surface area contributed by atoms with E-state index in [-0.39, 0.29) is 48.8 Å². The number of morpholine rings is 1. The Morgan fingerprint density at radius 1 is 1.25 bits per heavy atom. The van der Waals surface area contributed by atoms with E-state index in [2.05, 4.69) is 5.32 Å². The summed E-state index contributed by atoms with van der Waals surface area (Å²) < 4.78 is 38.1. The van der Waals surface area contributed by atoms with Crippen molar-refractivity contribution in [3.63, 3.8) is 0 Å². The molecule has 1 fully saturated rings. The van der Waals surface area contributed by atoms with E-state index in [1.54, 1.807) is 31.2 Å². The van der Waals surface area contributed by atoms with E-state index < -0.39 is 10.0 Å². The molecule has 172 valence electrons. The first-order chi connectivity index (χ1) is 15.4. The molecule has 0 unspecified atom stereocenters. The number of carbonyl (C=O) groups is 2. The highest BCUT2D eigenvalue weighted by Crippen LogP contribution is 2.38. The maximum absolute atomic E-state index is 13.1. The van der Waals surface area contributed by atoms with E-state index in [4.69, 9.17) is 9.15 Å². The summed E-state index contributed by atoms with van der Waals surface area (Å²) in [6.07, 6.45) is 1.52. The molecule has 3 heterocycles. The van der Waals surface area contributed by atoms with Gasteiger partial charge in [-0.15, -0.1) is 11.8 Å². The number of furan rings is 1. The fourth-order valence-corrected chi connectivity index (χ4v) is 6.04. The third-order valence-corrected chi connectivity index (χ3v) is 8.56. The van der Waals surface area contributed by atoms with Gasteiger partial charge in [0.15, 0.2) is 0 Å². The van der Waals surface area contributed by atoms with Crippen LogP contribution in [-0.4, -0.2) is 63.1 Å². The first kappa shape index (κ1) is 22.8. The summed E-state index contributed by atoms with van der Waals surface area (Å²) in [5, 5.41) is 2.74. The number of nitrogens with one attached hydrogen (secondary N) is 1.